The Labute approximate surface area is 260 Å². The van der Waals surface area contributed by atoms with Crippen molar-refractivity contribution in [3.63, 3.8) is 0 Å². The highest BCUT2D eigenvalue weighted by Gasteiger charge is 2.61. The van der Waals surface area contributed by atoms with E-state index in [4.69, 9.17) is 0 Å². The molecule has 3 aromatic rings. The van der Waals surface area contributed by atoms with Crippen LogP contribution in [0.2, 0.25) is 24.2 Å². The molecule has 2 heteroatoms. The fourth-order valence-electron chi connectivity index (χ4n) is 11.0. The van der Waals surface area contributed by atoms with E-state index in [1.807, 2.05) is 0 Å². The zero-order valence-electron chi connectivity index (χ0n) is 26.4. The highest BCUT2D eigenvalue weighted by Crippen LogP contribution is 2.69. The molecule has 1 aliphatic heterocycles. The van der Waals surface area contributed by atoms with E-state index >= 15 is 0 Å². The SMILES string of the molecule is CC(C)C1CC2C(c3ccccc3)CCCC2C1[Si](C)(C)C1C(C)CC2C(c3ccccc3)=C(c3ccccc3)SC21. The number of hydrogen-bond donors (Lipinski definition) is 0. The second kappa shape index (κ2) is 11.5. The minimum absolute atomic E-state index is 0.678. The molecule has 3 saturated carbocycles. The van der Waals surface area contributed by atoms with Gasteiger partial charge in [0.2, 0.25) is 0 Å². The van der Waals surface area contributed by atoms with Crippen molar-refractivity contribution in [1.82, 2.24) is 0 Å². The number of allylic oxidation sites excluding steroid dienone is 1. The van der Waals surface area contributed by atoms with Crippen LogP contribution in [0.5, 0.6) is 0 Å². The van der Waals surface area contributed by atoms with Crippen LogP contribution in [0.25, 0.3) is 10.5 Å². The van der Waals surface area contributed by atoms with E-state index in [0.29, 0.717) is 5.92 Å². The lowest BCUT2D eigenvalue weighted by atomic mass is 9.71. The Bertz CT molecular complexity index is 1390. The van der Waals surface area contributed by atoms with Gasteiger partial charge in [0, 0.05) is 10.2 Å². The normalized spacial score (nSPS) is 34.6. The molecule has 3 fully saturated rings. The fourth-order valence-corrected chi connectivity index (χ4v) is 20.3. The second-order valence-electron chi connectivity index (χ2n) is 15.2. The molecule has 0 spiro atoms. The van der Waals surface area contributed by atoms with Gasteiger partial charge in [-0.05, 0) is 94.0 Å². The number of hydrogen-bond acceptors (Lipinski definition) is 1. The fraction of sp³-hybridized carbons (Fsp3) is 0.500. The molecule has 3 aliphatic carbocycles. The monoisotopic (exact) mass is 590 g/mol. The molecule has 42 heavy (non-hydrogen) atoms. The molecule has 0 bridgehead atoms. The van der Waals surface area contributed by atoms with Crippen LogP contribution in [0.3, 0.4) is 0 Å². The summed E-state index contributed by atoms with van der Waals surface area (Å²) < 4.78 is 0. The van der Waals surface area contributed by atoms with Gasteiger partial charge in [-0.15, -0.1) is 11.8 Å². The van der Waals surface area contributed by atoms with Gasteiger partial charge in [0.15, 0.2) is 0 Å². The van der Waals surface area contributed by atoms with E-state index in [1.54, 1.807) is 16.0 Å². The summed E-state index contributed by atoms with van der Waals surface area (Å²) in [5.41, 5.74) is 7.99. The van der Waals surface area contributed by atoms with Gasteiger partial charge in [0.25, 0.3) is 0 Å². The molecule has 9 unspecified atom stereocenters. The molecule has 0 amide bonds. The average molecular weight is 591 g/mol. The Hall–Kier alpha value is -2.03. The van der Waals surface area contributed by atoms with Gasteiger partial charge < -0.3 is 0 Å². The minimum atomic E-state index is -1.66. The quantitative estimate of drug-likeness (QED) is 0.257. The number of benzene rings is 3. The van der Waals surface area contributed by atoms with Crippen molar-refractivity contribution in [2.75, 3.05) is 0 Å². The van der Waals surface area contributed by atoms with Crippen molar-refractivity contribution in [3.05, 3.63) is 108 Å². The van der Waals surface area contributed by atoms with Crippen molar-refractivity contribution in [2.24, 2.45) is 35.5 Å². The second-order valence-corrected chi connectivity index (χ2v) is 21.3. The Morgan fingerprint density at radius 1 is 0.690 bits per heavy atom. The van der Waals surface area contributed by atoms with E-state index in [1.165, 1.54) is 43.2 Å². The van der Waals surface area contributed by atoms with Crippen molar-refractivity contribution in [1.29, 1.82) is 0 Å². The average Bonchev–Trinajstić information content (AvgIpc) is 3.68. The van der Waals surface area contributed by atoms with Crippen LogP contribution in [-0.4, -0.2) is 13.3 Å². The molecule has 7 rings (SSSR count). The van der Waals surface area contributed by atoms with Crippen LogP contribution in [0.4, 0.5) is 0 Å². The first-order valence-electron chi connectivity index (χ1n) is 16.9. The van der Waals surface area contributed by atoms with Crippen LogP contribution in [0.1, 0.15) is 75.5 Å². The third kappa shape index (κ3) is 4.80. The number of fused-ring (bicyclic) bond motifs is 2. The summed E-state index contributed by atoms with van der Waals surface area (Å²) >= 11 is 2.29. The van der Waals surface area contributed by atoms with Gasteiger partial charge in [-0.2, -0.15) is 0 Å². The summed E-state index contributed by atoms with van der Waals surface area (Å²) in [5.74, 6) is 5.73. The van der Waals surface area contributed by atoms with Crippen LogP contribution in [0.15, 0.2) is 91.0 Å². The van der Waals surface area contributed by atoms with Crippen LogP contribution in [0, 0.1) is 35.5 Å². The maximum absolute atomic E-state index is 2.87. The van der Waals surface area contributed by atoms with E-state index < -0.39 is 8.07 Å². The predicted molar refractivity (Wildman–Crippen MR) is 186 cm³/mol. The lowest BCUT2D eigenvalue weighted by Crippen LogP contribution is -2.48. The highest BCUT2D eigenvalue weighted by atomic mass is 32.2. The Kier molecular flexibility index (Phi) is 7.85. The maximum atomic E-state index is 2.87. The van der Waals surface area contributed by atoms with Crippen molar-refractivity contribution in [2.45, 2.75) is 88.2 Å². The lowest BCUT2D eigenvalue weighted by molar-refractivity contribution is 0.235. The van der Waals surface area contributed by atoms with E-state index in [2.05, 4.69) is 137 Å². The topological polar surface area (TPSA) is 0 Å². The van der Waals surface area contributed by atoms with Gasteiger partial charge in [-0.1, -0.05) is 138 Å². The lowest BCUT2D eigenvalue weighted by Gasteiger charge is -2.48. The maximum Gasteiger partial charge on any atom is 0.0556 e. The highest BCUT2D eigenvalue weighted by molar-refractivity contribution is 8.09. The summed E-state index contributed by atoms with van der Waals surface area (Å²) in [4.78, 5) is 1.57. The van der Waals surface area contributed by atoms with Gasteiger partial charge in [0.05, 0.1) is 8.07 Å². The van der Waals surface area contributed by atoms with Gasteiger partial charge in [-0.3, -0.25) is 0 Å². The van der Waals surface area contributed by atoms with Crippen molar-refractivity contribution >= 4 is 30.3 Å². The third-order valence-electron chi connectivity index (χ3n) is 12.4. The smallest absolute Gasteiger partial charge is 0.0556 e. The zero-order chi connectivity index (χ0) is 29.0. The number of rotatable bonds is 6. The first-order chi connectivity index (χ1) is 20.4. The molecular formula is C40H50SSi. The standard InChI is InChI=1S/C40H50SSi/c1-26(2)33-25-34-31(28-16-9-6-10-17-28)22-15-23-32(34)40(33)42(4,5)39-27(3)24-35-36(29-18-11-7-12-19-29)37(41-38(35)39)30-20-13-8-14-21-30/h6-14,16-21,26-27,31-35,38-40H,15,22-25H2,1-5H3. The van der Waals surface area contributed by atoms with Crippen molar-refractivity contribution in [3.8, 4) is 0 Å². The molecule has 9 atom stereocenters. The van der Waals surface area contributed by atoms with Gasteiger partial charge in [-0.25, -0.2) is 0 Å². The molecule has 0 aromatic heterocycles. The summed E-state index contributed by atoms with van der Waals surface area (Å²) in [6, 6.07) is 34.4. The molecule has 0 nitrogen and oxygen atoms in total. The molecule has 4 aliphatic rings. The number of thioether (sulfide) groups is 1. The van der Waals surface area contributed by atoms with Crippen LogP contribution < -0.4 is 0 Å². The van der Waals surface area contributed by atoms with Crippen LogP contribution in [-0.2, 0) is 0 Å². The zero-order valence-corrected chi connectivity index (χ0v) is 28.2. The van der Waals surface area contributed by atoms with E-state index in [-0.39, 0.29) is 0 Å². The summed E-state index contributed by atoms with van der Waals surface area (Å²) in [6.45, 7) is 13.5. The van der Waals surface area contributed by atoms with Gasteiger partial charge >= 0.3 is 0 Å². The van der Waals surface area contributed by atoms with Crippen LogP contribution >= 0.6 is 11.8 Å². The molecule has 0 N–H and O–H groups in total. The molecule has 1 heterocycles. The summed E-state index contributed by atoms with van der Waals surface area (Å²) in [5, 5.41) is 0.729. The summed E-state index contributed by atoms with van der Waals surface area (Å²) in [7, 11) is -1.66. The Balaban J connectivity index is 1.25. The van der Waals surface area contributed by atoms with Gasteiger partial charge in [0.1, 0.15) is 0 Å². The Morgan fingerprint density at radius 2 is 1.31 bits per heavy atom. The first-order valence-corrected chi connectivity index (χ1v) is 21.0. The molecule has 3 aromatic carbocycles. The molecule has 220 valence electrons. The van der Waals surface area contributed by atoms with E-state index in [9.17, 15) is 0 Å². The molecular weight excluding hydrogens is 541 g/mol. The molecule has 0 radical (unpaired) electrons. The first kappa shape index (κ1) is 28.7. The third-order valence-corrected chi connectivity index (χ3v) is 19.4. The predicted octanol–water partition coefficient (Wildman–Crippen LogP) is 11.7. The van der Waals surface area contributed by atoms with Crippen molar-refractivity contribution < 1.29 is 0 Å². The largest absolute Gasteiger partial charge is 0.121 e. The summed E-state index contributed by atoms with van der Waals surface area (Å²) in [6.07, 6.45) is 7.12. The Morgan fingerprint density at radius 3 is 1.95 bits per heavy atom. The van der Waals surface area contributed by atoms with E-state index in [0.717, 1.165) is 51.8 Å². The molecule has 0 saturated heterocycles. The minimum Gasteiger partial charge on any atom is -0.121 e.